The summed E-state index contributed by atoms with van der Waals surface area (Å²) in [5.74, 6) is 1.30. The highest BCUT2D eigenvalue weighted by Crippen LogP contribution is 2.24. The molecule has 0 aliphatic rings. The van der Waals surface area contributed by atoms with Gasteiger partial charge in [-0.25, -0.2) is 0 Å². The minimum absolute atomic E-state index is 0.218. The minimum atomic E-state index is -0.218. The van der Waals surface area contributed by atoms with E-state index in [2.05, 4.69) is 10.1 Å². The highest BCUT2D eigenvalue weighted by molar-refractivity contribution is 5.69. The van der Waals surface area contributed by atoms with Crippen molar-refractivity contribution in [3.05, 3.63) is 23.8 Å². The average molecular weight is 253 g/mol. The molecule has 0 saturated carbocycles. The zero-order valence-electron chi connectivity index (χ0n) is 11.0. The maximum atomic E-state index is 10.9. The van der Waals surface area contributed by atoms with Gasteiger partial charge in [0.25, 0.3) is 0 Å². The molecule has 1 aromatic rings. The fourth-order valence-electron chi connectivity index (χ4n) is 1.51. The summed E-state index contributed by atoms with van der Waals surface area (Å²) in [7, 11) is 4.62. The van der Waals surface area contributed by atoms with Crippen molar-refractivity contribution in [2.24, 2.45) is 0 Å². The van der Waals surface area contributed by atoms with E-state index in [1.807, 2.05) is 18.2 Å². The van der Waals surface area contributed by atoms with Crippen LogP contribution in [0.5, 0.6) is 11.5 Å². The second-order valence-corrected chi connectivity index (χ2v) is 3.68. The molecular formula is C13H19NO4. The smallest absolute Gasteiger partial charge is 0.306 e. The minimum Gasteiger partial charge on any atom is -0.497 e. The number of hydrogen-bond donors (Lipinski definition) is 1. The molecule has 0 fully saturated rings. The highest BCUT2D eigenvalue weighted by Gasteiger charge is 2.05. The van der Waals surface area contributed by atoms with Crippen molar-refractivity contribution in [3.8, 4) is 11.5 Å². The maximum Gasteiger partial charge on any atom is 0.306 e. The van der Waals surface area contributed by atoms with Crippen LogP contribution in [0.15, 0.2) is 18.2 Å². The normalized spacial score (nSPS) is 9.94. The molecule has 0 unspecified atom stereocenters. The topological polar surface area (TPSA) is 56.8 Å². The van der Waals surface area contributed by atoms with Gasteiger partial charge in [0.15, 0.2) is 0 Å². The van der Waals surface area contributed by atoms with Crippen molar-refractivity contribution < 1.29 is 19.0 Å². The Hall–Kier alpha value is -1.75. The van der Waals surface area contributed by atoms with Crippen molar-refractivity contribution in [2.75, 3.05) is 27.9 Å². The van der Waals surface area contributed by atoms with E-state index in [0.717, 1.165) is 17.1 Å². The van der Waals surface area contributed by atoms with Crippen LogP contribution in [0.25, 0.3) is 0 Å². The van der Waals surface area contributed by atoms with Crippen LogP contribution in [0.2, 0.25) is 0 Å². The predicted octanol–water partition coefficient (Wildman–Crippen LogP) is 1.36. The van der Waals surface area contributed by atoms with Gasteiger partial charge in [-0.1, -0.05) is 6.07 Å². The zero-order chi connectivity index (χ0) is 13.4. The van der Waals surface area contributed by atoms with Crippen molar-refractivity contribution in [1.29, 1.82) is 0 Å². The van der Waals surface area contributed by atoms with Crippen molar-refractivity contribution in [3.63, 3.8) is 0 Å². The zero-order valence-corrected chi connectivity index (χ0v) is 11.0. The standard InChI is InChI=1S/C13H19NO4/c1-16-11-5-4-10(12(8-11)17-2)9-14-7-6-13(15)18-3/h4-5,8,14H,6-7,9H2,1-3H3. The van der Waals surface area contributed by atoms with Crippen molar-refractivity contribution in [1.82, 2.24) is 5.32 Å². The molecule has 0 spiro atoms. The summed E-state index contributed by atoms with van der Waals surface area (Å²) in [6.45, 7) is 1.20. The molecule has 0 heterocycles. The number of carbonyl (C=O) groups excluding carboxylic acids is 1. The first-order valence-electron chi connectivity index (χ1n) is 5.69. The van der Waals surface area contributed by atoms with Gasteiger partial charge < -0.3 is 19.5 Å². The number of esters is 1. The Bertz CT molecular complexity index is 393. The Labute approximate surface area is 107 Å². The number of nitrogens with one attached hydrogen (secondary N) is 1. The van der Waals surface area contributed by atoms with Gasteiger partial charge >= 0.3 is 5.97 Å². The van der Waals surface area contributed by atoms with Gasteiger partial charge in [-0.15, -0.1) is 0 Å². The lowest BCUT2D eigenvalue weighted by molar-refractivity contribution is -0.140. The van der Waals surface area contributed by atoms with Crippen LogP contribution < -0.4 is 14.8 Å². The second kappa shape index (κ2) is 7.55. The van der Waals surface area contributed by atoms with E-state index in [4.69, 9.17) is 9.47 Å². The molecule has 0 atom stereocenters. The molecule has 5 nitrogen and oxygen atoms in total. The van der Waals surface area contributed by atoms with Gasteiger partial charge in [0, 0.05) is 24.7 Å². The van der Waals surface area contributed by atoms with Gasteiger partial charge in [-0.05, 0) is 6.07 Å². The molecule has 0 bridgehead atoms. The first kappa shape index (κ1) is 14.3. The SMILES string of the molecule is COC(=O)CCNCc1ccc(OC)cc1OC. The fourth-order valence-corrected chi connectivity index (χ4v) is 1.51. The van der Waals surface area contributed by atoms with Crippen LogP contribution in [0, 0.1) is 0 Å². The summed E-state index contributed by atoms with van der Waals surface area (Å²) in [5, 5.41) is 3.16. The summed E-state index contributed by atoms with van der Waals surface area (Å²) in [4.78, 5) is 10.9. The van der Waals surface area contributed by atoms with E-state index in [1.165, 1.54) is 7.11 Å². The molecule has 0 saturated heterocycles. The Morgan fingerprint density at radius 1 is 1.22 bits per heavy atom. The molecule has 1 rings (SSSR count). The molecular weight excluding hydrogens is 234 g/mol. The predicted molar refractivity (Wildman–Crippen MR) is 67.9 cm³/mol. The molecule has 5 heteroatoms. The fraction of sp³-hybridized carbons (Fsp3) is 0.462. The highest BCUT2D eigenvalue weighted by atomic mass is 16.5. The quantitative estimate of drug-likeness (QED) is 0.587. The first-order valence-corrected chi connectivity index (χ1v) is 5.69. The van der Waals surface area contributed by atoms with E-state index < -0.39 is 0 Å². The van der Waals surface area contributed by atoms with Crippen molar-refractivity contribution in [2.45, 2.75) is 13.0 Å². The number of benzene rings is 1. The van der Waals surface area contributed by atoms with E-state index >= 15 is 0 Å². The van der Waals surface area contributed by atoms with Gasteiger partial charge in [-0.3, -0.25) is 4.79 Å². The molecule has 0 aliphatic carbocycles. The molecule has 1 aromatic carbocycles. The molecule has 0 amide bonds. The van der Waals surface area contributed by atoms with Gasteiger partial charge in [0.2, 0.25) is 0 Å². The van der Waals surface area contributed by atoms with Crippen LogP contribution in [-0.4, -0.2) is 33.8 Å². The summed E-state index contributed by atoms with van der Waals surface area (Å²) in [5.41, 5.74) is 1.02. The Balaban J connectivity index is 2.49. The summed E-state index contributed by atoms with van der Waals surface area (Å²) in [6, 6.07) is 5.64. The van der Waals surface area contributed by atoms with E-state index in [-0.39, 0.29) is 5.97 Å². The largest absolute Gasteiger partial charge is 0.497 e. The van der Waals surface area contributed by atoms with E-state index in [9.17, 15) is 4.79 Å². The maximum absolute atomic E-state index is 10.9. The number of carbonyl (C=O) groups is 1. The summed E-state index contributed by atoms with van der Waals surface area (Å²) < 4.78 is 15.0. The molecule has 0 aliphatic heterocycles. The molecule has 0 aromatic heterocycles. The van der Waals surface area contributed by atoms with E-state index in [0.29, 0.717) is 19.5 Å². The van der Waals surface area contributed by atoms with Crippen LogP contribution in [0.1, 0.15) is 12.0 Å². The number of rotatable bonds is 7. The lowest BCUT2D eigenvalue weighted by Gasteiger charge is -2.11. The third-order valence-electron chi connectivity index (χ3n) is 2.54. The van der Waals surface area contributed by atoms with Crippen LogP contribution in [0.4, 0.5) is 0 Å². The lowest BCUT2D eigenvalue weighted by Crippen LogP contribution is -2.18. The van der Waals surface area contributed by atoms with Crippen LogP contribution >= 0.6 is 0 Å². The number of ether oxygens (including phenoxy) is 3. The molecule has 1 N–H and O–H groups in total. The van der Waals surface area contributed by atoms with Gasteiger partial charge in [0.1, 0.15) is 11.5 Å². The number of hydrogen-bond acceptors (Lipinski definition) is 5. The van der Waals surface area contributed by atoms with Crippen LogP contribution in [0.3, 0.4) is 0 Å². The first-order chi connectivity index (χ1) is 8.71. The third-order valence-corrected chi connectivity index (χ3v) is 2.54. The van der Waals surface area contributed by atoms with E-state index in [1.54, 1.807) is 14.2 Å². The molecule has 0 radical (unpaired) electrons. The monoisotopic (exact) mass is 253 g/mol. The lowest BCUT2D eigenvalue weighted by atomic mass is 10.2. The van der Waals surface area contributed by atoms with Gasteiger partial charge in [-0.2, -0.15) is 0 Å². The molecule has 18 heavy (non-hydrogen) atoms. The van der Waals surface area contributed by atoms with Crippen molar-refractivity contribution >= 4 is 5.97 Å². The molecule has 100 valence electrons. The Morgan fingerprint density at radius 2 is 2.00 bits per heavy atom. The summed E-state index contributed by atoms with van der Waals surface area (Å²) >= 11 is 0. The third kappa shape index (κ3) is 4.25. The average Bonchev–Trinajstić information content (AvgIpc) is 2.43. The van der Waals surface area contributed by atoms with Gasteiger partial charge in [0.05, 0.1) is 27.8 Å². The Kier molecular flexibility index (Phi) is 6.00. The number of methoxy groups -OCH3 is 3. The second-order valence-electron chi connectivity index (χ2n) is 3.68. The Morgan fingerprint density at radius 3 is 2.61 bits per heavy atom. The van der Waals surface area contributed by atoms with Crippen LogP contribution in [-0.2, 0) is 16.1 Å². The summed E-state index contributed by atoms with van der Waals surface area (Å²) in [6.07, 6.45) is 0.356.